The summed E-state index contributed by atoms with van der Waals surface area (Å²) in [6.45, 7) is 1.68. The molecule has 0 bridgehead atoms. The number of pyridine rings is 1. The van der Waals surface area contributed by atoms with Gasteiger partial charge in [0.1, 0.15) is 5.82 Å². The Morgan fingerprint density at radius 2 is 2.09 bits per heavy atom. The molecule has 1 amide bonds. The molecule has 0 radical (unpaired) electrons. The standard InChI is InChI=1S/C15H15FN2O4/c1-8(2-5-14(20)21)17-15(22)11-7-13(19)18-12-6-9(16)3-4-10(11)12/h3-4,6-8H,2,5H2,1H3,(H,17,22)(H,18,19)(H,20,21). The Hall–Kier alpha value is -2.70. The van der Waals surface area contributed by atoms with Gasteiger partial charge < -0.3 is 15.4 Å². The molecule has 0 fully saturated rings. The van der Waals surface area contributed by atoms with Crippen LogP contribution in [0.25, 0.3) is 10.9 Å². The number of carboxylic acids is 1. The quantitative estimate of drug-likeness (QED) is 0.782. The molecule has 1 heterocycles. The first kappa shape index (κ1) is 15.7. The molecule has 0 spiro atoms. The number of nitrogens with one attached hydrogen (secondary N) is 2. The highest BCUT2D eigenvalue weighted by Crippen LogP contribution is 2.16. The maximum atomic E-state index is 13.2. The SMILES string of the molecule is CC(CCC(=O)O)NC(=O)c1cc(=O)[nH]c2cc(F)ccc12. The van der Waals surface area contributed by atoms with Gasteiger partial charge >= 0.3 is 5.97 Å². The largest absolute Gasteiger partial charge is 0.481 e. The molecule has 6 nitrogen and oxygen atoms in total. The number of H-pyrrole nitrogens is 1. The van der Waals surface area contributed by atoms with Crippen LogP contribution in [-0.4, -0.2) is 28.0 Å². The first-order valence-corrected chi connectivity index (χ1v) is 6.72. The van der Waals surface area contributed by atoms with Gasteiger partial charge in [0, 0.05) is 23.9 Å². The highest BCUT2D eigenvalue weighted by Gasteiger charge is 2.15. The van der Waals surface area contributed by atoms with Gasteiger partial charge in [-0.3, -0.25) is 14.4 Å². The van der Waals surface area contributed by atoms with Crippen molar-refractivity contribution in [3.63, 3.8) is 0 Å². The average molecular weight is 306 g/mol. The number of carbonyl (C=O) groups excluding carboxylic acids is 1. The smallest absolute Gasteiger partial charge is 0.303 e. The van der Waals surface area contributed by atoms with Gasteiger partial charge in [-0.25, -0.2) is 4.39 Å². The summed E-state index contributed by atoms with van der Waals surface area (Å²) in [5, 5.41) is 11.7. The van der Waals surface area contributed by atoms with E-state index in [1.54, 1.807) is 6.92 Å². The molecular formula is C15H15FN2O4. The van der Waals surface area contributed by atoms with Crippen LogP contribution in [-0.2, 0) is 4.79 Å². The van der Waals surface area contributed by atoms with Crippen LogP contribution in [0.15, 0.2) is 29.1 Å². The lowest BCUT2D eigenvalue weighted by molar-refractivity contribution is -0.137. The molecule has 22 heavy (non-hydrogen) atoms. The van der Waals surface area contributed by atoms with Gasteiger partial charge in [-0.05, 0) is 31.5 Å². The number of fused-ring (bicyclic) bond motifs is 1. The summed E-state index contributed by atoms with van der Waals surface area (Å²) in [6.07, 6.45) is 0.208. The Kier molecular flexibility index (Phi) is 4.55. The van der Waals surface area contributed by atoms with Crippen molar-refractivity contribution < 1.29 is 19.1 Å². The van der Waals surface area contributed by atoms with E-state index in [-0.39, 0.29) is 30.0 Å². The van der Waals surface area contributed by atoms with Gasteiger partial charge in [-0.15, -0.1) is 0 Å². The van der Waals surface area contributed by atoms with Crippen molar-refractivity contribution in [1.29, 1.82) is 0 Å². The van der Waals surface area contributed by atoms with E-state index in [0.717, 1.165) is 12.1 Å². The number of hydrogen-bond donors (Lipinski definition) is 3. The zero-order valence-corrected chi connectivity index (χ0v) is 11.9. The molecule has 1 unspecified atom stereocenters. The molecule has 3 N–H and O–H groups in total. The lowest BCUT2D eigenvalue weighted by Crippen LogP contribution is -2.33. The number of hydrogen-bond acceptors (Lipinski definition) is 3. The van der Waals surface area contributed by atoms with Crippen molar-refractivity contribution in [3.8, 4) is 0 Å². The van der Waals surface area contributed by atoms with Crippen molar-refractivity contribution >= 4 is 22.8 Å². The molecule has 7 heteroatoms. The average Bonchev–Trinajstić information content (AvgIpc) is 2.43. The molecule has 1 atom stereocenters. The van der Waals surface area contributed by atoms with E-state index in [1.807, 2.05) is 0 Å². The molecule has 2 aromatic rings. The topological polar surface area (TPSA) is 99.3 Å². The number of amides is 1. The predicted molar refractivity (Wildman–Crippen MR) is 78.3 cm³/mol. The van der Waals surface area contributed by atoms with E-state index in [1.165, 1.54) is 12.1 Å². The normalized spacial score (nSPS) is 12.1. The minimum absolute atomic E-state index is 0.0667. The number of aromatic amines is 1. The molecular weight excluding hydrogens is 291 g/mol. The van der Waals surface area contributed by atoms with E-state index in [0.29, 0.717) is 5.39 Å². The summed E-state index contributed by atoms with van der Waals surface area (Å²) in [4.78, 5) is 36.8. The van der Waals surface area contributed by atoms with E-state index in [4.69, 9.17) is 5.11 Å². The number of carboxylic acid groups (broad SMARTS) is 1. The van der Waals surface area contributed by atoms with Gasteiger partial charge in [0.25, 0.3) is 5.91 Å². The van der Waals surface area contributed by atoms with Gasteiger partial charge in [-0.1, -0.05) is 0 Å². The zero-order valence-electron chi connectivity index (χ0n) is 11.9. The highest BCUT2D eigenvalue weighted by atomic mass is 19.1. The third-order valence-electron chi connectivity index (χ3n) is 3.22. The van der Waals surface area contributed by atoms with Crippen LogP contribution in [0.5, 0.6) is 0 Å². The van der Waals surface area contributed by atoms with Crippen molar-refractivity contribution in [1.82, 2.24) is 10.3 Å². The lowest BCUT2D eigenvalue weighted by Gasteiger charge is -2.13. The Bertz CT molecular complexity index is 785. The van der Waals surface area contributed by atoms with Crippen LogP contribution in [0.1, 0.15) is 30.1 Å². The molecule has 0 aliphatic carbocycles. The van der Waals surface area contributed by atoms with Crippen molar-refractivity contribution in [2.45, 2.75) is 25.8 Å². The van der Waals surface area contributed by atoms with Crippen LogP contribution >= 0.6 is 0 Å². The zero-order chi connectivity index (χ0) is 16.3. The van der Waals surface area contributed by atoms with E-state index in [9.17, 15) is 18.8 Å². The van der Waals surface area contributed by atoms with Crippen LogP contribution < -0.4 is 10.9 Å². The molecule has 1 aromatic carbocycles. The Morgan fingerprint density at radius 3 is 2.77 bits per heavy atom. The molecule has 0 saturated heterocycles. The monoisotopic (exact) mass is 306 g/mol. The minimum Gasteiger partial charge on any atom is -0.481 e. The molecule has 1 aromatic heterocycles. The number of carbonyl (C=O) groups is 2. The van der Waals surface area contributed by atoms with Crippen molar-refractivity contribution in [2.75, 3.05) is 0 Å². The molecule has 116 valence electrons. The first-order chi connectivity index (χ1) is 10.4. The fraction of sp³-hybridized carbons (Fsp3) is 0.267. The second kappa shape index (κ2) is 6.38. The predicted octanol–water partition coefficient (Wildman–Crippen LogP) is 1.65. The van der Waals surface area contributed by atoms with E-state index < -0.39 is 23.3 Å². The Morgan fingerprint density at radius 1 is 1.36 bits per heavy atom. The Balaban J connectivity index is 2.28. The third kappa shape index (κ3) is 3.69. The van der Waals surface area contributed by atoms with Crippen molar-refractivity contribution in [3.05, 3.63) is 46.0 Å². The second-order valence-corrected chi connectivity index (χ2v) is 5.04. The summed E-state index contributed by atoms with van der Waals surface area (Å²) in [5.74, 6) is -1.96. The fourth-order valence-corrected chi connectivity index (χ4v) is 2.13. The lowest BCUT2D eigenvalue weighted by atomic mass is 10.1. The van der Waals surface area contributed by atoms with Gasteiger partial charge in [-0.2, -0.15) is 0 Å². The molecule has 0 saturated carbocycles. The van der Waals surface area contributed by atoms with Gasteiger partial charge in [0.15, 0.2) is 0 Å². The molecule has 0 aliphatic heterocycles. The van der Waals surface area contributed by atoms with E-state index >= 15 is 0 Å². The van der Waals surface area contributed by atoms with Gasteiger partial charge in [0.05, 0.1) is 11.1 Å². The highest BCUT2D eigenvalue weighted by molar-refractivity contribution is 6.06. The number of halogens is 1. The summed E-state index contributed by atoms with van der Waals surface area (Å²) >= 11 is 0. The van der Waals surface area contributed by atoms with Crippen molar-refractivity contribution in [2.24, 2.45) is 0 Å². The number of rotatable bonds is 5. The van der Waals surface area contributed by atoms with Crippen LogP contribution in [0.4, 0.5) is 4.39 Å². The molecule has 2 rings (SSSR count). The second-order valence-electron chi connectivity index (χ2n) is 5.04. The summed E-state index contributed by atoms with van der Waals surface area (Å²) in [6, 6.07) is 4.53. The summed E-state index contributed by atoms with van der Waals surface area (Å²) < 4.78 is 13.2. The Labute approximate surface area is 125 Å². The summed E-state index contributed by atoms with van der Waals surface area (Å²) in [5.41, 5.74) is -0.154. The number of benzene rings is 1. The van der Waals surface area contributed by atoms with E-state index in [2.05, 4.69) is 10.3 Å². The maximum Gasteiger partial charge on any atom is 0.303 e. The number of aromatic nitrogens is 1. The summed E-state index contributed by atoms with van der Waals surface area (Å²) in [7, 11) is 0. The minimum atomic E-state index is -0.946. The van der Waals surface area contributed by atoms with Gasteiger partial charge in [0.2, 0.25) is 5.56 Å². The van der Waals surface area contributed by atoms with Crippen LogP contribution in [0, 0.1) is 5.82 Å². The van der Waals surface area contributed by atoms with Crippen LogP contribution in [0.3, 0.4) is 0 Å². The number of aliphatic carboxylic acids is 1. The third-order valence-corrected chi connectivity index (χ3v) is 3.22. The van der Waals surface area contributed by atoms with Crippen LogP contribution in [0.2, 0.25) is 0 Å². The fourth-order valence-electron chi connectivity index (χ4n) is 2.13. The maximum absolute atomic E-state index is 13.2. The first-order valence-electron chi connectivity index (χ1n) is 6.72. The molecule has 0 aliphatic rings.